The summed E-state index contributed by atoms with van der Waals surface area (Å²) in [5.41, 5.74) is 8.99. The van der Waals surface area contributed by atoms with E-state index in [1.54, 1.807) is 0 Å². The lowest BCUT2D eigenvalue weighted by Gasteiger charge is -2.27. The molecule has 0 bridgehead atoms. The Bertz CT molecular complexity index is 659. The van der Waals surface area contributed by atoms with E-state index in [2.05, 4.69) is 11.1 Å². The van der Waals surface area contributed by atoms with Crippen LogP contribution in [0.25, 0.3) is 11.0 Å². The minimum atomic E-state index is 0.146. The first-order valence-corrected chi connectivity index (χ1v) is 7.23. The van der Waals surface area contributed by atoms with E-state index in [1.807, 2.05) is 28.5 Å². The molecule has 3 rings (SSSR count). The minimum absolute atomic E-state index is 0.146. The molecule has 2 heterocycles. The fraction of sp³-hybridized carbons (Fsp3) is 0.467. The monoisotopic (exact) mass is 288 g/mol. The van der Waals surface area contributed by atoms with E-state index in [0.29, 0.717) is 45.2 Å². The largest absolute Gasteiger partial charge is 0.378 e. The van der Waals surface area contributed by atoms with Gasteiger partial charge in [0, 0.05) is 26.1 Å². The summed E-state index contributed by atoms with van der Waals surface area (Å²) in [4.78, 5) is 18.4. The number of nitrogen functional groups attached to an aromatic ring is 1. The van der Waals surface area contributed by atoms with Crippen LogP contribution < -0.4 is 5.73 Å². The minimum Gasteiger partial charge on any atom is -0.378 e. The second kappa shape index (κ2) is 5.73. The number of aryl methyl sites for hydroxylation is 2. The zero-order chi connectivity index (χ0) is 14.8. The Balaban J connectivity index is 1.74. The molecule has 0 spiro atoms. The van der Waals surface area contributed by atoms with Gasteiger partial charge in [0.15, 0.2) is 0 Å². The smallest absolute Gasteiger partial charge is 0.224 e. The first kappa shape index (κ1) is 13.9. The normalized spacial score (nSPS) is 15.6. The van der Waals surface area contributed by atoms with Crippen LogP contribution in [0.5, 0.6) is 0 Å². The number of carbonyl (C=O) groups is 1. The number of fused-ring (bicyclic) bond motifs is 1. The zero-order valence-electron chi connectivity index (χ0n) is 12.2. The molecule has 2 N–H and O–H groups in total. The molecule has 1 aliphatic heterocycles. The molecule has 1 saturated heterocycles. The average molecular weight is 288 g/mol. The highest BCUT2D eigenvalue weighted by Crippen LogP contribution is 2.19. The van der Waals surface area contributed by atoms with Crippen LogP contribution in [0, 0.1) is 6.92 Å². The van der Waals surface area contributed by atoms with Crippen molar-refractivity contribution in [1.82, 2.24) is 14.5 Å². The number of nitrogens with zero attached hydrogens (tertiary/aromatic N) is 3. The van der Waals surface area contributed by atoms with Gasteiger partial charge in [0.05, 0.1) is 24.2 Å². The maximum Gasteiger partial charge on any atom is 0.224 e. The summed E-state index contributed by atoms with van der Waals surface area (Å²) < 4.78 is 7.18. The number of nitrogens with two attached hydrogens (primary N) is 1. The SMILES string of the molecule is Cc1ccc2nc(N)n(CCC(=O)N3CCOCC3)c2c1. The van der Waals surface area contributed by atoms with Crippen LogP contribution in [-0.2, 0) is 16.1 Å². The van der Waals surface area contributed by atoms with Crippen molar-refractivity contribution < 1.29 is 9.53 Å². The number of carbonyl (C=O) groups excluding carboxylic acids is 1. The van der Waals surface area contributed by atoms with E-state index in [4.69, 9.17) is 10.5 Å². The molecule has 6 nitrogen and oxygen atoms in total. The molecule has 2 aromatic rings. The number of aromatic nitrogens is 2. The van der Waals surface area contributed by atoms with Crippen molar-refractivity contribution in [3.8, 4) is 0 Å². The molecule has 6 heteroatoms. The highest BCUT2D eigenvalue weighted by atomic mass is 16.5. The van der Waals surface area contributed by atoms with E-state index in [0.717, 1.165) is 16.6 Å². The maximum atomic E-state index is 12.2. The van der Waals surface area contributed by atoms with E-state index < -0.39 is 0 Å². The number of anilines is 1. The summed E-state index contributed by atoms with van der Waals surface area (Å²) in [6.07, 6.45) is 0.434. The summed E-state index contributed by atoms with van der Waals surface area (Å²) in [5, 5.41) is 0. The molecule has 21 heavy (non-hydrogen) atoms. The number of ether oxygens (including phenoxy) is 1. The lowest BCUT2D eigenvalue weighted by Crippen LogP contribution is -2.41. The highest BCUT2D eigenvalue weighted by molar-refractivity contribution is 5.80. The van der Waals surface area contributed by atoms with Crippen molar-refractivity contribution in [2.24, 2.45) is 0 Å². The third kappa shape index (κ3) is 2.85. The molecule has 1 fully saturated rings. The number of morpholine rings is 1. The summed E-state index contributed by atoms with van der Waals surface area (Å²) in [6.45, 7) is 5.20. The average Bonchev–Trinajstić information content (AvgIpc) is 2.80. The third-order valence-electron chi connectivity index (χ3n) is 3.85. The topological polar surface area (TPSA) is 73.4 Å². The van der Waals surface area contributed by atoms with Crippen molar-refractivity contribution in [3.05, 3.63) is 23.8 Å². The summed E-state index contributed by atoms with van der Waals surface area (Å²) >= 11 is 0. The van der Waals surface area contributed by atoms with Crippen LogP contribution in [0.4, 0.5) is 5.95 Å². The fourth-order valence-corrected chi connectivity index (χ4v) is 2.66. The van der Waals surface area contributed by atoms with Crippen molar-refractivity contribution in [3.63, 3.8) is 0 Å². The molecule has 112 valence electrons. The highest BCUT2D eigenvalue weighted by Gasteiger charge is 2.17. The molecule has 0 radical (unpaired) electrons. The van der Waals surface area contributed by atoms with Crippen LogP contribution >= 0.6 is 0 Å². The van der Waals surface area contributed by atoms with Crippen molar-refractivity contribution in [2.75, 3.05) is 32.0 Å². The summed E-state index contributed by atoms with van der Waals surface area (Å²) in [7, 11) is 0. The van der Waals surface area contributed by atoms with Gasteiger partial charge in [0.2, 0.25) is 11.9 Å². The van der Waals surface area contributed by atoms with E-state index >= 15 is 0 Å². The lowest BCUT2D eigenvalue weighted by atomic mass is 10.2. The Hall–Kier alpha value is -2.08. The van der Waals surface area contributed by atoms with Gasteiger partial charge in [0.1, 0.15) is 0 Å². The second-order valence-electron chi connectivity index (χ2n) is 5.36. The Labute approximate surface area is 123 Å². The molecule has 0 saturated carbocycles. The van der Waals surface area contributed by atoms with Gasteiger partial charge in [-0.05, 0) is 24.6 Å². The van der Waals surface area contributed by atoms with Gasteiger partial charge in [-0.25, -0.2) is 4.98 Å². The van der Waals surface area contributed by atoms with E-state index in [9.17, 15) is 4.79 Å². The molecular formula is C15H20N4O2. The number of benzene rings is 1. The number of imidazole rings is 1. The molecule has 1 aromatic heterocycles. The predicted octanol–water partition coefficient (Wildman–Crippen LogP) is 1.18. The van der Waals surface area contributed by atoms with Crippen LogP contribution in [0.15, 0.2) is 18.2 Å². The number of amides is 1. The van der Waals surface area contributed by atoms with Gasteiger partial charge in [-0.15, -0.1) is 0 Å². The molecule has 1 aromatic carbocycles. The van der Waals surface area contributed by atoms with Gasteiger partial charge in [-0.1, -0.05) is 6.07 Å². The Kier molecular flexibility index (Phi) is 3.79. The quantitative estimate of drug-likeness (QED) is 0.920. The van der Waals surface area contributed by atoms with Gasteiger partial charge in [-0.3, -0.25) is 4.79 Å². The van der Waals surface area contributed by atoms with Gasteiger partial charge < -0.3 is 19.9 Å². The van der Waals surface area contributed by atoms with E-state index in [-0.39, 0.29) is 5.91 Å². The van der Waals surface area contributed by atoms with Crippen LogP contribution in [-0.4, -0.2) is 46.7 Å². The number of hydrogen-bond donors (Lipinski definition) is 1. The van der Waals surface area contributed by atoms with Crippen LogP contribution in [0.1, 0.15) is 12.0 Å². The van der Waals surface area contributed by atoms with Gasteiger partial charge in [0.25, 0.3) is 0 Å². The summed E-state index contributed by atoms with van der Waals surface area (Å²) in [5.74, 6) is 0.609. The molecule has 0 atom stereocenters. The predicted molar refractivity (Wildman–Crippen MR) is 80.9 cm³/mol. The number of rotatable bonds is 3. The Morgan fingerprint density at radius 3 is 2.90 bits per heavy atom. The number of hydrogen-bond acceptors (Lipinski definition) is 4. The van der Waals surface area contributed by atoms with Crippen molar-refractivity contribution in [1.29, 1.82) is 0 Å². The first-order valence-electron chi connectivity index (χ1n) is 7.23. The first-order chi connectivity index (χ1) is 10.1. The lowest BCUT2D eigenvalue weighted by molar-refractivity contribution is -0.135. The molecule has 0 unspecified atom stereocenters. The van der Waals surface area contributed by atoms with Gasteiger partial charge >= 0.3 is 0 Å². The third-order valence-corrected chi connectivity index (χ3v) is 3.85. The molecule has 1 amide bonds. The second-order valence-corrected chi connectivity index (χ2v) is 5.36. The molecular weight excluding hydrogens is 268 g/mol. The zero-order valence-corrected chi connectivity index (χ0v) is 12.2. The molecule has 1 aliphatic rings. The van der Waals surface area contributed by atoms with E-state index in [1.165, 1.54) is 0 Å². The van der Waals surface area contributed by atoms with Crippen LogP contribution in [0.3, 0.4) is 0 Å². The Morgan fingerprint density at radius 1 is 1.38 bits per heavy atom. The maximum absolute atomic E-state index is 12.2. The van der Waals surface area contributed by atoms with Crippen molar-refractivity contribution in [2.45, 2.75) is 19.9 Å². The van der Waals surface area contributed by atoms with Gasteiger partial charge in [-0.2, -0.15) is 0 Å². The van der Waals surface area contributed by atoms with Crippen LogP contribution in [0.2, 0.25) is 0 Å². The van der Waals surface area contributed by atoms with Crippen molar-refractivity contribution >= 4 is 22.9 Å². The fourth-order valence-electron chi connectivity index (χ4n) is 2.66. The standard InChI is InChI=1S/C15H20N4O2/c1-11-2-3-12-13(10-11)19(15(16)17-12)5-4-14(20)18-6-8-21-9-7-18/h2-3,10H,4-9H2,1H3,(H2,16,17). The Morgan fingerprint density at radius 2 is 2.14 bits per heavy atom. The molecule has 0 aliphatic carbocycles. The summed E-state index contributed by atoms with van der Waals surface area (Å²) in [6, 6.07) is 6.03.